The quantitative estimate of drug-likeness (QED) is 0.820. The van der Waals surface area contributed by atoms with Crippen LogP contribution in [0.15, 0.2) is 36.5 Å². The molecule has 0 amide bonds. The van der Waals surface area contributed by atoms with Gasteiger partial charge in [0.1, 0.15) is 16.8 Å². The SMILES string of the molecule is CC1(C)OCC(=S)Nc2ccc(-n3cccc3C#N)cc21. The van der Waals surface area contributed by atoms with Crippen LogP contribution in [0.4, 0.5) is 5.69 Å². The zero-order valence-corrected chi connectivity index (χ0v) is 12.7. The lowest BCUT2D eigenvalue weighted by Gasteiger charge is -2.25. The van der Waals surface area contributed by atoms with Crippen LogP contribution < -0.4 is 5.32 Å². The van der Waals surface area contributed by atoms with Crippen LogP contribution in [0.2, 0.25) is 0 Å². The molecule has 0 saturated heterocycles. The number of aromatic nitrogens is 1. The molecule has 1 N–H and O–H groups in total. The highest BCUT2D eigenvalue weighted by atomic mass is 32.1. The Morgan fingerprint density at radius 1 is 1.38 bits per heavy atom. The van der Waals surface area contributed by atoms with Gasteiger partial charge < -0.3 is 14.6 Å². The highest BCUT2D eigenvalue weighted by Gasteiger charge is 2.28. The van der Waals surface area contributed by atoms with Gasteiger partial charge in [-0.1, -0.05) is 12.2 Å². The zero-order chi connectivity index (χ0) is 15.0. The maximum absolute atomic E-state index is 9.16. The van der Waals surface area contributed by atoms with Crippen molar-refractivity contribution in [3.63, 3.8) is 0 Å². The molecule has 21 heavy (non-hydrogen) atoms. The fourth-order valence-corrected chi connectivity index (χ4v) is 2.67. The Balaban J connectivity index is 2.15. The first-order valence-electron chi connectivity index (χ1n) is 6.67. The number of nitriles is 1. The molecule has 0 unspecified atom stereocenters. The summed E-state index contributed by atoms with van der Waals surface area (Å²) in [6, 6.07) is 11.8. The number of nitrogens with one attached hydrogen (secondary N) is 1. The van der Waals surface area contributed by atoms with Gasteiger partial charge in [-0.05, 0) is 44.2 Å². The smallest absolute Gasteiger partial charge is 0.124 e. The van der Waals surface area contributed by atoms with Gasteiger partial charge in [0, 0.05) is 23.1 Å². The van der Waals surface area contributed by atoms with E-state index in [0.29, 0.717) is 17.3 Å². The molecule has 0 fully saturated rings. The molecule has 0 saturated carbocycles. The summed E-state index contributed by atoms with van der Waals surface area (Å²) < 4.78 is 7.74. The van der Waals surface area contributed by atoms with Crippen LogP contribution in [0.1, 0.15) is 25.1 Å². The number of rotatable bonds is 1. The average molecular weight is 297 g/mol. The molecule has 0 atom stereocenters. The van der Waals surface area contributed by atoms with Crippen LogP contribution in [0.5, 0.6) is 0 Å². The molecule has 2 aromatic rings. The monoisotopic (exact) mass is 297 g/mol. The number of nitrogens with zero attached hydrogens (tertiary/aromatic N) is 2. The third-order valence-electron chi connectivity index (χ3n) is 3.63. The Labute approximate surface area is 129 Å². The van der Waals surface area contributed by atoms with Crippen LogP contribution in [-0.2, 0) is 10.3 Å². The average Bonchev–Trinajstić information content (AvgIpc) is 2.90. The number of benzene rings is 1. The molecule has 1 aliphatic heterocycles. The van der Waals surface area contributed by atoms with Crippen LogP contribution >= 0.6 is 12.2 Å². The fraction of sp³-hybridized carbons (Fsp3) is 0.250. The molecule has 0 spiro atoms. The second-order valence-electron chi connectivity index (χ2n) is 5.45. The highest BCUT2D eigenvalue weighted by molar-refractivity contribution is 7.80. The second kappa shape index (κ2) is 4.99. The van der Waals surface area contributed by atoms with E-state index in [9.17, 15) is 0 Å². The lowest BCUT2D eigenvalue weighted by molar-refractivity contribution is 0.00432. The van der Waals surface area contributed by atoms with E-state index in [1.165, 1.54) is 0 Å². The lowest BCUT2D eigenvalue weighted by atomic mass is 9.95. The third-order valence-corrected chi connectivity index (χ3v) is 3.85. The molecule has 5 heteroatoms. The molecule has 4 nitrogen and oxygen atoms in total. The largest absolute Gasteiger partial charge is 0.364 e. The zero-order valence-electron chi connectivity index (χ0n) is 11.9. The molecule has 1 aliphatic rings. The molecule has 0 aliphatic carbocycles. The van der Waals surface area contributed by atoms with Gasteiger partial charge in [-0.3, -0.25) is 0 Å². The van der Waals surface area contributed by atoms with E-state index >= 15 is 0 Å². The minimum absolute atomic E-state index is 0.402. The van der Waals surface area contributed by atoms with E-state index in [4.69, 9.17) is 22.2 Å². The molecule has 1 aromatic carbocycles. The molecule has 106 valence electrons. The van der Waals surface area contributed by atoms with Crippen molar-refractivity contribution in [3.8, 4) is 11.8 Å². The number of ether oxygens (including phenoxy) is 1. The van der Waals surface area contributed by atoms with Crippen molar-refractivity contribution < 1.29 is 4.74 Å². The summed E-state index contributed by atoms with van der Waals surface area (Å²) in [6.07, 6.45) is 1.88. The van der Waals surface area contributed by atoms with Gasteiger partial charge in [-0.15, -0.1) is 0 Å². The van der Waals surface area contributed by atoms with Crippen molar-refractivity contribution in [2.24, 2.45) is 0 Å². The van der Waals surface area contributed by atoms with Gasteiger partial charge >= 0.3 is 0 Å². The Hall–Kier alpha value is -2.16. The number of thiocarbonyl (C=S) groups is 1. The fourth-order valence-electron chi connectivity index (χ4n) is 2.50. The van der Waals surface area contributed by atoms with E-state index in [1.54, 1.807) is 6.07 Å². The van der Waals surface area contributed by atoms with Gasteiger partial charge in [0.2, 0.25) is 0 Å². The number of fused-ring (bicyclic) bond motifs is 1. The first-order valence-corrected chi connectivity index (χ1v) is 7.08. The first kappa shape index (κ1) is 13.8. The molecule has 0 radical (unpaired) electrons. The van der Waals surface area contributed by atoms with Crippen LogP contribution in [0.25, 0.3) is 5.69 Å². The number of hydrogen-bond acceptors (Lipinski definition) is 3. The number of hydrogen-bond donors (Lipinski definition) is 1. The summed E-state index contributed by atoms with van der Waals surface area (Å²) in [5.74, 6) is 0. The van der Waals surface area contributed by atoms with E-state index in [2.05, 4.69) is 11.4 Å². The Kier molecular flexibility index (Phi) is 3.28. The molecule has 2 heterocycles. The predicted molar refractivity (Wildman–Crippen MR) is 85.7 cm³/mol. The number of anilines is 1. The van der Waals surface area contributed by atoms with E-state index in [-0.39, 0.29) is 0 Å². The minimum atomic E-state index is -0.446. The summed E-state index contributed by atoms with van der Waals surface area (Å²) in [6.45, 7) is 4.44. The molecular formula is C16H15N3OS. The topological polar surface area (TPSA) is 50.0 Å². The Morgan fingerprint density at radius 2 is 2.19 bits per heavy atom. The molecule has 1 aromatic heterocycles. The van der Waals surface area contributed by atoms with Crippen molar-refractivity contribution in [1.29, 1.82) is 5.26 Å². The maximum atomic E-state index is 9.16. The van der Waals surface area contributed by atoms with Crippen molar-refractivity contribution in [1.82, 2.24) is 4.57 Å². The van der Waals surface area contributed by atoms with Crippen LogP contribution in [0.3, 0.4) is 0 Å². The normalized spacial score (nSPS) is 16.5. The minimum Gasteiger partial charge on any atom is -0.364 e. The molecular weight excluding hydrogens is 282 g/mol. The third kappa shape index (κ3) is 2.44. The van der Waals surface area contributed by atoms with Gasteiger partial charge in [0.15, 0.2) is 0 Å². The van der Waals surface area contributed by atoms with Crippen molar-refractivity contribution in [3.05, 3.63) is 47.8 Å². The molecule has 0 bridgehead atoms. The van der Waals surface area contributed by atoms with Gasteiger partial charge in [0.05, 0.1) is 12.2 Å². The maximum Gasteiger partial charge on any atom is 0.124 e. The predicted octanol–water partition coefficient (Wildman–Crippen LogP) is 3.35. The van der Waals surface area contributed by atoms with Gasteiger partial charge in [0.25, 0.3) is 0 Å². The van der Waals surface area contributed by atoms with Crippen molar-refractivity contribution >= 4 is 22.9 Å². The van der Waals surface area contributed by atoms with Gasteiger partial charge in [-0.2, -0.15) is 5.26 Å². The van der Waals surface area contributed by atoms with Crippen LogP contribution in [0, 0.1) is 11.3 Å². The van der Waals surface area contributed by atoms with E-state index in [0.717, 1.165) is 16.9 Å². The van der Waals surface area contributed by atoms with Crippen molar-refractivity contribution in [2.75, 3.05) is 11.9 Å². The van der Waals surface area contributed by atoms with Gasteiger partial charge in [-0.25, -0.2) is 0 Å². The summed E-state index contributed by atoms with van der Waals surface area (Å²) in [4.78, 5) is 0.674. The summed E-state index contributed by atoms with van der Waals surface area (Å²) >= 11 is 5.24. The van der Waals surface area contributed by atoms with Crippen molar-refractivity contribution in [2.45, 2.75) is 19.4 Å². The van der Waals surface area contributed by atoms with E-state index in [1.807, 2.05) is 48.9 Å². The standard InChI is InChI=1S/C16H15N3OS/c1-16(2)13-8-11(19-7-3-4-12(19)9-17)5-6-14(13)18-15(21)10-20-16/h3-8H,10H2,1-2H3,(H,18,21). The first-order chi connectivity index (χ1) is 10.0. The highest BCUT2D eigenvalue weighted by Crippen LogP contribution is 2.35. The van der Waals surface area contributed by atoms with Crippen LogP contribution in [-0.4, -0.2) is 16.2 Å². The summed E-state index contributed by atoms with van der Waals surface area (Å²) in [5, 5.41) is 12.4. The lowest BCUT2D eigenvalue weighted by Crippen LogP contribution is -2.22. The summed E-state index contributed by atoms with van der Waals surface area (Å²) in [5.41, 5.74) is 3.07. The van der Waals surface area contributed by atoms with E-state index < -0.39 is 5.60 Å². The molecule has 3 rings (SSSR count). The Bertz CT molecular complexity index is 755. The summed E-state index contributed by atoms with van der Waals surface area (Å²) in [7, 11) is 0. The Morgan fingerprint density at radius 3 is 2.95 bits per heavy atom. The second-order valence-corrected chi connectivity index (χ2v) is 5.95.